The lowest BCUT2D eigenvalue weighted by molar-refractivity contribution is 0.340. The molecule has 0 fully saturated rings. The molecule has 0 aliphatic carbocycles. The van der Waals surface area contributed by atoms with Gasteiger partial charge in [0.2, 0.25) is 0 Å². The Kier molecular flexibility index (Phi) is 3.77. The minimum Gasteiger partial charge on any atom is -0.494 e. The van der Waals surface area contributed by atoms with Crippen molar-refractivity contribution < 1.29 is 4.74 Å². The lowest BCUT2D eigenvalue weighted by atomic mass is 10.1. The van der Waals surface area contributed by atoms with Crippen LogP contribution >= 0.6 is 0 Å². The number of rotatable bonds is 4. The molecule has 1 rings (SSSR count). The largest absolute Gasteiger partial charge is 0.494 e. The molecule has 0 heterocycles. The fourth-order valence-electron chi connectivity index (χ4n) is 1.19. The Morgan fingerprint density at radius 1 is 1.31 bits per heavy atom. The van der Waals surface area contributed by atoms with Gasteiger partial charge in [0.25, 0.3) is 0 Å². The lowest BCUT2D eigenvalue weighted by Crippen LogP contribution is -2.11. The van der Waals surface area contributed by atoms with Crippen molar-refractivity contribution in [2.75, 3.05) is 13.7 Å². The Hall–Kier alpha value is -1.02. The highest BCUT2D eigenvalue weighted by Crippen LogP contribution is 2.16. The van der Waals surface area contributed by atoms with Crippen LogP contribution in [0.4, 0.5) is 0 Å². The molecule has 72 valence electrons. The third-order valence-electron chi connectivity index (χ3n) is 2.12. The van der Waals surface area contributed by atoms with E-state index in [4.69, 9.17) is 4.74 Å². The molecule has 0 aliphatic heterocycles. The van der Waals surface area contributed by atoms with Crippen LogP contribution in [0.25, 0.3) is 0 Å². The predicted octanol–water partition coefficient (Wildman–Crippen LogP) is 2.37. The molecule has 0 saturated heterocycles. The van der Waals surface area contributed by atoms with Gasteiger partial charge in [-0.25, -0.2) is 0 Å². The van der Waals surface area contributed by atoms with Crippen LogP contribution in [0.15, 0.2) is 24.3 Å². The first-order chi connectivity index (χ1) is 6.27. The van der Waals surface area contributed by atoms with Gasteiger partial charge >= 0.3 is 0 Å². The van der Waals surface area contributed by atoms with Crippen LogP contribution in [0, 0.1) is 0 Å². The summed E-state index contributed by atoms with van der Waals surface area (Å²) in [6.45, 7) is 4.85. The summed E-state index contributed by atoms with van der Waals surface area (Å²) in [5.41, 5.74) is 1.28. The van der Waals surface area contributed by atoms with Crippen molar-refractivity contribution in [1.82, 2.24) is 5.32 Å². The van der Waals surface area contributed by atoms with E-state index >= 15 is 0 Å². The third-order valence-corrected chi connectivity index (χ3v) is 2.12. The first kappa shape index (κ1) is 10.1. The summed E-state index contributed by atoms with van der Waals surface area (Å²) < 4.78 is 5.35. The molecule has 0 amide bonds. The van der Waals surface area contributed by atoms with Crippen LogP contribution in [0.1, 0.15) is 25.5 Å². The molecule has 1 atom stereocenters. The number of ether oxygens (including phenoxy) is 1. The average Bonchev–Trinajstić information content (AvgIpc) is 2.18. The second kappa shape index (κ2) is 4.87. The zero-order chi connectivity index (χ0) is 9.68. The molecule has 1 aromatic carbocycles. The summed E-state index contributed by atoms with van der Waals surface area (Å²) in [5, 5.41) is 3.19. The van der Waals surface area contributed by atoms with Crippen molar-refractivity contribution >= 4 is 0 Å². The summed E-state index contributed by atoms with van der Waals surface area (Å²) >= 11 is 0. The molecule has 1 N–H and O–H groups in total. The minimum atomic E-state index is 0.399. The van der Waals surface area contributed by atoms with Gasteiger partial charge < -0.3 is 10.1 Å². The van der Waals surface area contributed by atoms with Crippen LogP contribution in [0.2, 0.25) is 0 Å². The highest BCUT2D eigenvalue weighted by atomic mass is 16.5. The van der Waals surface area contributed by atoms with Gasteiger partial charge in [-0.15, -0.1) is 0 Å². The molecule has 0 radical (unpaired) electrons. The zero-order valence-corrected chi connectivity index (χ0v) is 8.50. The van der Waals surface area contributed by atoms with Crippen molar-refractivity contribution in [2.24, 2.45) is 0 Å². The van der Waals surface area contributed by atoms with E-state index in [0.29, 0.717) is 6.04 Å². The second-order valence-electron chi connectivity index (χ2n) is 3.01. The summed E-state index contributed by atoms with van der Waals surface area (Å²) in [6.07, 6.45) is 0. The van der Waals surface area contributed by atoms with Gasteiger partial charge in [0.1, 0.15) is 5.75 Å². The molecule has 0 aliphatic rings. The van der Waals surface area contributed by atoms with E-state index in [1.54, 1.807) is 0 Å². The number of benzene rings is 1. The van der Waals surface area contributed by atoms with E-state index in [1.807, 2.05) is 26.1 Å². The predicted molar refractivity (Wildman–Crippen MR) is 55.1 cm³/mol. The van der Waals surface area contributed by atoms with E-state index in [-0.39, 0.29) is 0 Å². The Morgan fingerprint density at radius 3 is 2.38 bits per heavy atom. The van der Waals surface area contributed by atoms with Gasteiger partial charge in [-0.05, 0) is 38.6 Å². The van der Waals surface area contributed by atoms with Crippen LogP contribution in [0.5, 0.6) is 5.75 Å². The van der Waals surface area contributed by atoms with Crippen molar-refractivity contribution in [3.8, 4) is 5.75 Å². The maximum atomic E-state index is 5.35. The lowest BCUT2D eigenvalue weighted by Gasteiger charge is -2.11. The van der Waals surface area contributed by atoms with Gasteiger partial charge in [0.15, 0.2) is 0 Å². The first-order valence-corrected chi connectivity index (χ1v) is 4.68. The van der Waals surface area contributed by atoms with Gasteiger partial charge in [-0.1, -0.05) is 12.1 Å². The molecule has 0 unspecified atom stereocenters. The molecule has 2 heteroatoms. The number of hydrogen-bond donors (Lipinski definition) is 1. The van der Waals surface area contributed by atoms with Gasteiger partial charge in [0, 0.05) is 6.04 Å². The van der Waals surface area contributed by atoms with Crippen LogP contribution in [0.3, 0.4) is 0 Å². The number of nitrogens with one attached hydrogen (secondary N) is 1. The summed E-state index contributed by atoms with van der Waals surface area (Å²) in [5.74, 6) is 0.939. The zero-order valence-electron chi connectivity index (χ0n) is 8.50. The second-order valence-corrected chi connectivity index (χ2v) is 3.01. The highest BCUT2D eigenvalue weighted by molar-refractivity contribution is 5.28. The first-order valence-electron chi connectivity index (χ1n) is 4.68. The summed E-state index contributed by atoms with van der Waals surface area (Å²) in [6, 6.07) is 8.59. The topological polar surface area (TPSA) is 21.3 Å². The highest BCUT2D eigenvalue weighted by Gasteiger charge is 2.01. The maximum Gasteiger partial charge on any atom is 0.119 e. The molecule has 0 saturated carbocycles. The fraction of sp³-hybridized carbons (Fsp3) is 0.455. The normalized spacial score (nSPS) is 12.5. The van der Waals surface area contributed by atoms with E-state index in [0.717, 1.165) is 12.4 Å². The van der Waals surface area contributed by atoms with E-state index in [1.165, 1.54) is 5.56 Å². The molecular formula is C11H17NO. The smallest absolute Gasteiger partial charge is 0.119 e. The SMILES string of the molecule is CCOc1ccc([C@H](C)NC)cc1. The monoisotopic (exact) mass is 179 g/mol. The van der Waals surface area contributed by atoms with Gasteiger partial charge in [-0.2, -0.15) is 0 Å². The number of hydrogen-bond acceptors (Lipinski definition) is 2. The van der Waals surface area contributed by atoms with Crippen molar-refractivity contribution in [2.45, 2.75) is 19.9 Å². The fourth-order valence-corrected chi connectivity index (χ4v) is 1.19. The molecule has 13 heavy (non-hydrogen) atoms. The molecular weight excluding hydrogens is 162 g/mol. The molecule has 0 aromatic heterocycles. The molecule has 1 aromatic rings. The van der Waals surface area contributed by atoms with Crippen molar-refractivity contribution in [1.29, 1.82) is 0 Å². The summed E-state index contributed by atoms with van der Waals surface area (Å²) in [7, 11) is 1.96. The molecule has 0 bridgehead atoms. The maximum absolute atomic E-state index is 5.35. The van der Waals surface area contributed by atoms with Crippen molar-refractivity contribution in [3.63, 3.8) is 0 Å². The minimum absolute atomic E-state index is 0.399. The van der Waals surface area contributed by atoms with Crippen LogP contribution < -0.4 is 10.1 Å². The Morgan fingerprint density at radius 2 is 1.92 bits per heavy atom. The third kappa shape index (κ3) is 2.74. The summed E-state index contributed by atoms with van der Waals surface area (Å²) in [4.78, 5) is 0. The Bertz CT molecular complexity index is 243. The standard InChI is InChI=1S/C11H17NO/c1-4-13-11-7-5-10(6-8-11)9(2)12-3/h5-9,12H,4H2,1-3H3/t9-/m0/s1. The van der Waals surface area contributed by atoms with Crippen LogP contribution in [-0.2, 0) is 0 Å². The average molecular weight is 179 g/mol. The Labute approximate surface area is 79.9 Å². The van der Waals surface area contributed by atoms with E-state index in [9.17, 15) is 0 Å². The van der Waals surface area contributed by atoms with E-state index < -0.39 is 0 Å². The van der Waals surface area contributed by atoms with Crippen LogP contribution in [-0.4, -0.2) is 13.7 Å². The van der Waals surface area contributed by atoms with Gasteiger partial charge in [-0.3, -0.25) is 0 Å². The molecule has 0 spiro atoms. The Balaban J connectivity index is 2.69. The molecule has 2 nitrogen and oxygen atoms in total. The quantitative estimate of drug-likeness (QED) is 0.766. The van der Waals surface area contributed by atoms with Gasteiger partial charge in [0.05, 0.1) is 6.61 Å². The van der Waals surface area contributed by atoms with Crippen molar-refractivity contribution in [3.05, 3.63) is 29.8 Å². The van der Waals surface area contributed by atoms with E-state index in [2.05, 4.69) is 24.4 Å².